The monoisotopic (exact) mass is 433 g/mol. The molecule has 0 atom stereocenters. The van der Waals surface area contributed by atoms with Crippen LogP contribution in [0.2, 0.25) is 0 Å². The van der Waals surface area contributed by atoms with Crippen LogP contribution in [0, 0.1) is 11.2 Å². The van der Waals surface area contributed by atoms with Gasteiger partial charge in [0.25, 0.3) is 0 Å². The predicted molar refractivity (Wildman–Crippen MR) is 111 cm³/mol. The molecule has 7 nitrogen and oxygen atoms in total. The lowest BCUT2D eigenvalue weighted by Gasteiger charge is -2.61. The third-order valence-electron chi connectivity index (χ3n) is 6.88. The van der Waals surface area contributed by atoms with E-state index in [4.69, 9.17) is 10.5 Å². The largest absolute Gasteiger partial charge is 0.477 e. The molecule has 0 radical (unpaired) electrons. The smallest absolute Gasteiger partial charge is 0.341 e. The fourth-order valence-corrected chi connectivity index (χ4v) is 5.77. The van der Waals surface area contributed by atoms with Crippen LogP contribution in [0.4, 0.5) is 14.5 Å². The molecule has 2 aromatic rings. The van der Waals surface area contributed by atoms with Crippen LogP contribution in [0.3, 0.4) is 0 Å². The number of alkyl halides is 1. The first kappa shape index (κ1) is 20.4. The molecule has 6 rings (SSSR count). The number of nitrogens with two attached hydrogens (primary N) is 1. The van der Waals surface area contributed by atoms with Gasteiger partial charge in [-0.05, 0) is 31.7 Å². The number of fused-ring (bicyclic) bond motifs is 3. The zero-order valence-electron chi connectivity index (χ0n) is 17.3. The highest BCUT2D eigenvalue weighted by atomic mass is 19.1. The number of aromatic nitrogens is 1. The Hall–Kier alpha value is -2.52. The maximum atomic E-state index is 15.5. The summed E-state index contributed by atoms with van der Waals surface area (Å²) in [5.74, 6) is -1.99. The summed E-state index contributed by atoms with van der Waals surface area (Å²) in [6, 6.07) is 1.16. The predicted octanol–water partition coefficient (Wildman–Crippen LogP) is 2.59. The average molecular weight is 433 g/mol. The molecule has 0 spiro atoms. The summed E-state index contributed by atoms with van der Waals surface area (Å²) < 4.78 is 36.5. The molecule has 0 amide bonds. The highest BCUT2D eigenvalue weighted by molar-refractivity contribution is 5.95. The molecule has 3 N–H and O–H groups in total. The Morgan fingerprint density at radius 2 is 2.06 bits per heavy atom. The van der Waals surface area contributed by atoms with Gasteiger partial charge in [0.2, 0.25) is 5.43 Å². The molecular formula is C22H25F2N3O4. The number of hydrogen-bond acceptors (Lipinski definition) is 5. The van der Waals surface area contributed by atoms with Crippen molar-refractivity contribution >= 4 is 22.6 Å². The lowest BCUT2D eigenvalue weighted by Crippen LogP contribution is -2.72. The number of nitrogens with zero attached hydrogens (tertiary/aromatic N) is 2. The topological polar surface area (TPSA) is 97.8 Å². The summed E-state index contributed by atoms with van der Waals surface area (Å²) in [5, 5.41) is 9.50. The maximum Gasteiger partial charge on any atom is 0.341 e. The van der Waals surface area contributed by atoms with Gasteiger partial charge in [0, 0.05) is 54.3 Å². The molecule has 31 heavy (non-hydrogen) atoms. The van der Waals surface area contributed by atoms with E-state index >= 15 is 4.39 Å². The number of methoxy groups -OCH3 is 1. The Bertz CT molecular complexity index is 1150. The fraction of sp³-hybridized carbons (Fsp3) is 0.545. The van der Waals surface area contributed by atoms with Crippen molar-refractivity contribution in [2.45, 2.75) is 43.9 Å². The number of piperidine rings is 2. The van der Waals surface area contributed by atoms with E-state index in [1.54, 1.807) is 9.47 Å². The highest BCUT2D eigenvalue weighted by Gasteiger charge is 2.58. The van der Waals surface area contributed by atoms with Crippen molar-refractivity contribution in [3.8, 4) is 0 Å². The quantitative estimate of drug-likeness (QED) is 0.727. The van der Waals surface area contributed by atoms with Gasteiger partial charge in [0.1, 0.15) is 11.4 Å². The number of hydrogen-bond donors (Lipinski definition) is 2. The van der Waals surface area contributed by atoms with Crippen LogP contribution in [0.25, 0.3) is 10.9 Å². The number of anilines is 1. The number of halogens is 2. The maximum absolute atomic E-state index is 15.5. The molecule has 0 unspecified atom stereocenters. The number of rotatable bonds is 6. The van der Waals surface area contributed by atoms with Gasteiger partial charge in [-0.1, -0.05) is 0 Å². The van der Waals surface area contributed by atoms with E-state index in [1.807, 2.05) is 0 Å². The van der Waals surface area contributed by atoms with Crippen molar-refractivity contribution < 1.29 is 23.4 Å². The minimum Gasteiger partial charge on any atom is -0.477 e. The lowest BCUT2D eigenvalue weighted by atomic mass is 9.55. The summed E-state index contributed by atoms with van der Waals surface area (Å²) in [6.07, 6.45) is 4.17. The van der Waals surface area contributed by atoms with Gasteiger partial charge in [-0.25, -0.2) is 9.18 Å². The Kier molecular flexibility index (Phi) is 4.43. The third-order valence-corrected chi connectivity index (χ3v) is 6.88. The lowest BCUT2D eigenvalue weighted by molar-refractivity contribution is -0.0149. The van der Waals surface area contributed by atoms with Crippen molar-refractivity contribution in [1.29, 1.82) is 0 Å². The number of carbonyl (C=O) groups is 1. The molecule has 2 aliphatic heterocycles. The zero-order valence-corrected chi connectivity index (χ0v) is 17.3. The van der Waals surface area contributed by atoms with Crippen molar-refractivity contribution in [1.82, 2.24) is 4.57 Å². The summed E-state index contributed by atoms with van der Waals surface area (Å²) in [7, 11) is 1.48. The summed E-state index contributed by atoms with van der Waals surface area (Å²) in [5.41, 5.74) is 5.36. The molecule has 1 aromatic heterocycles. The van der Waals surface area contributed by atoms with Gasteiger partial charge >= 0.3 is 5.97 Å². The number of pyridine rings is 1. The van der Waals surface area contributed by atoms with Crippen LogP contribution in [-0.2, 0) is 11.3 Å². The minimum atomic E-state index is -1.34. The van der Waals surface area contributed by atoms with E-state index in [-0.39, 0.29) is 29.3 Å². The van der Waals surface area contributed by atoms with Gasteiger partial charge in [0.15, 0.2) is 0 Å². The molecule has 1 aromatic carbocycles. The molecule has 2 saturated carbocycles. The summed E-state index contributed by atoms with van der Waals surface area (Å²) >= 11 is 0. The van der Waals surface area contributed by atoms with Crippen LogP contribution in [0.1, 0.15) is 47.6 Å². The minimum absolute atomic E-state index is 0.0185. The van der Waals surface area contributed by atoms with Crippen LogP contribution in [-0.4, -0.2) is 48.1 Å². The molecule has 2 saturated heterocycles. The molecule has 2 aliphatic carbocycles. The zero-order chi connectivity index (χ0) is 22.1. The SMILES string of the molecule is COCc1c(N2CC3(N)CC(CF)(C2)C3)c(F)cc2c(=O)c(C(=O)O)cn(C3CC3)c12. The molecular weight excluding hydrogens is 408 g/mol. The normalized spacial score (nSPS) is 27.4. The number of ether oxygens (including phenoxy) is 1. The first-order chi connectivity index (χ1) is 14.7. The molecule has 4 fully saturated rings. The van der Waals surface area contributed by atoms with Crippen molar-refractivity contribution in [3.63, 3.8) is 0 Å². The standard InChI is InChI=1S/C22H25F2N3O4/c1-31-6-15-17-13(19(28)14(20(29)30)5-27(17)12-2-3-12)4-16(24)18(15)26-10-21(9-23)7-22(25,8-21)11-26/h4-5,12H,2-3,6-11,25H2,1H3,(H,29,30). The Morgan fingerprint density at radius 1 is 1.35 bits per heavy atom. The molecule has 3 heterocycles. The van der Waals surface area contributed by atoms with Crippen LogP contribution >= 0.6 is 0 Å². The second-order valence-corrected chi connectivity index (χ2v) is 9.54. The summed E-state index contributed by atoms with van der Waals surface area (Å²) in [4.78, 5) is 26.3. The van der Waals surface area contributed by atoms with E-state index < -0.39 is 34.8 Å². The molecule has 4 aliphatic rings. The summed E-state index contributed by atoms with van der Waals surface area (Å²) in [6.45, 7) is 0.224. The highest BCUT2D eigenvalue weighted by Crippen LogP contribution is 2.53. The molecule has 2 bridgehead atoms. The fourth-order valence-electron chi connectivity index (χ4n) is 5.77. The molecule has 166 valence electrons. The van der Waals surface area contributed by atoms with Crippen molar-refractivity contribution in [2.24, 2.45) is 11.1 Å². The van der Waals surface area contributed by atoms with Gasteiger partial charge in [-0.2, -0.15) is 0 Å². The van der Waals surface area contributed by atoms with E-state index in [2.05, 4.69) is 0 Å². The number of carboxylic acid groups (broad SMARTS) is 1. The Morgan fingerprint density at radius 3 is 2.65 bits per heavy atom. The van der Waals surface area contributed by atoms with Gasteiger partial charge < -0.3 is 25.0 Å². The van der Waals surface area contributed by atoms with Crippen molar-refractivity contribution in [2.75, 3.05) is 31.8 Å². The van der Waals surface area contributed by atoms with Crippen LogP contribution < -0.4 is 16.1 Å². The second-order valence-electron chi connectivity index (χ2n) is 9.54. The number of aromatic carboxylic acids is 1. The van der Waals surface area contributed by atoms with Crippen LogP contribution in [0.5, 0.6) is 0 Å². The Labute approximate surface area is 177 Å². The van der Waals surface area contributed by atoms with Gasteiger partial charge in [-0.3, -0.25) is 9.18 Å². The Balaban J connectivity index is 1.77. The van der Waals surface area contributed by atoms with Gasteiger partial charge in [-0.15, -0.1) is 0 Å². The van der Waals surface area contributed by atoms with E-state index in [0.29, 0.717) is 37.0 Å². The number of benzene rings is 1. The van der Waals surface area contributed by atoms with Crippen LogP contribution in [0.15, 0.2) is 17.1 Å². The van der Waals surface area contributed by atoms with Crippen molar-refractivity contribution in [3.05, 3.63) is 39.4 Å². The van der Waals surface area contributed by atoms with E-state index in [0.717, 1.165) is 18.9 Å². The van der Waals surface area contributed by atoms with E-state index in [1.165, 1.54) is 13.3 Å². The van der Waals surface area contributed by atoms with E-state index in [9.17, 15) is 19.1 Å². The van der Waals surface area contributed by atoms with Gasteiger partial charge in [0.05, 0.1) is 24.5 Å². The first-order valence-electron chi connectivity index (χ1n) is 10.4. The second kappa shape index (κ2) is 6.74. The first-order valence-corrected chi connectivity index (χ1v) is 10.4. The number of carboxylic acids is 1. The third kappa shape index (κ3) is 3.05. The average Bonchev–Trinajstić information content (AvgIpc) is 3.52. The molecule has 9 heteroatoms.